The van der Waals surface area contributed by atoms with E-state index in [-0.39, 0.29) is 17.5 Å². The van der Waals surface area contributed by atoms with Crippen LogP contribution in [0.1, 0.15) is 43.0 Å². The first-order chi connectivity index (χ1) is 8.56. The third-order valence-corrected chi connectivity index (χ3v) is 3.53. The molecular formula is C14H17F2NO. The lowest BCUT2D eigenvalue weighted by atomic mass is 9.87. The Morgan fingerprint density at radius 1 is 1.17 bits per heavy atom. The second kappa shape index (κ2) is 5.46. The summed E-state index contributed by atoms with van der Waals surface area (Å²) in [5, 5.41) is 2.87. The van der Waals surface area contributed by atoms with Gasteiger partial charge in [0.25, 0.3) is 5.91 Å². The minimum atomic E-state index is -0.986. The zero-order valence-corrected chi connectivity index (χ0v) is 10.4. The Morgan fingerprint density at radius 2 is 1.83 bits per heavy atom. The van der Waals surface area contributed by atoms with Crippen molar-refractivity contribution in [2.24, 2.45) is 5.92 Å². The molecule has 98 valence electrons. The van der Waals surface area contributed by atoms with Crippen LogP contribution in [0, 0.1) is 17.6 Å². The molecule has 1 aliphatic carbocycles. The molecule has 2 nitrogen and oxygen atoms in total. The van der Waals surface area contributed by atoms with Crippen molar-refractivity contribution in [2.75, 3.05) is 0 Å². The van der Waals surface area contributed by atoms with Gasteiger partial charge in [-0.25, -0.2) is 8.78 Å². The van der Waals surface area contributed by atoms with E-state index in [1.165, 1.54) is 6.07 Å². The molecule has 0 aliphatic heterocycles. The lowest BCUT2D eigenvalue weighted by molar-refractivity contribution is 0.0922. The van der Waals surface area contributed by atoms with E-state index in [1.54, 1.807) is 0 Å². The Balaban J connectivity index is 1.97. The van der Waals surface area contributed by atoms with Gasteiger partial charge in [-0.2, -0.15) is 0 Å². The normalized spacial score (nSPS) is 23.7. The molecule has 0 atom stereocenters. The van der Waals surface area contributed by atoms with Crippen molar-refractivity contribution < 1.29 is 13.6 Å². The van der Waals surface area contributed by atoms with Gasteiger partial charge in [0.05, 0.1) is 0 Å². The monoisotopic (exact) mass is 253 g/mol. The molecule has 0 heterocycles. The molecule has 0 bridgehead atoms. The van der Waals surface area contributed by atoms with Crippen LogP contribution in [0.5, 0.6) is 0 Å². The summed E-state index contributed by atoms with van der Waals surface area (Å²) < 4.78 is 25.8. The first kappa shape index (κ1) is 13.0. The fourth-order valence-corrected chi connectivity index (χ4v) is 2.31. The molecule has 1 aromatic rings. The maximum absolute atomic E-state index is 13.0. The topological polar surface area (TPSA) is 29.1 Å². The third kappa shape index (κ3) is 3.06. The van der Waals surface area contributed by atoms with Crippen molar-refractivity contribution >= 4 is 5.91 Å². The number of rotatable bonds is 2. The molecule has 0 saturated heterocycles. The lowest BCUT2D eigenvalue weighted by Gasteiger charge is -2.26. The van der Waals surface area contributed by atoms with E-state index in [1.807, 2.05) is 0 Å². The van der Waals surface area contributed by atoms with Gasteiger partial charge in [0.15, 0.2) is 11.6 Å². The summed E-state index contributed by atoms with van der Waals surface area (Å²) in [7, 11) is 0. The van der Waals surface area contributed by atoms with Crippen molar-refractivity contribution in [1.82, 2.24) is 5.32 Å². The van der Waals surface area contributed by atoms with E-state index in [2.05, 4.69) is 12.2 Å². The summed E-state index contributed by atoms with van der Waals surface area (Å²) in [6, 6.07) is 3.38. The molecule has 1 fully saturated rings. The first-order valence-electron chi connectivity index (χ1n) is 6.32. The Labute approximate surface area is 105 Å². The van der Waals surface area contributed by atoms with E-state index < -0.39 is 11.6 Å². The highest BCUT2D eigenvalue weighted by Crippen LogP contribution is 2.23. The van der Waals surface area contributed by atoms with Gasteiger partial charge < -0.3 is 5.32 Å². The second-order valence-electron chi connectivity index (χ2n) is 5.06. The van der Waals surface area contributed by atoms with E-state index in [0.29, 0.717) is 5.92 Å². The van der Waals surface area contributed by atoms with Gasteiger partial charge >= 0.3 is 0 Å². The second-order valence-corrected chi connectivity index (χ2v) is 5.06. The van der Waals surface area contributed by atoms with E-state index >= 15 is 0 Å². The minimum absolute atomic E-state index is 0.154. The highest BCUT2D eigenvalue weighted by molar-refractivity contribution is 5.94. The summed E-state index contributed by atoms with van der Waals surface area (Å²) in [4.78, 5) is 11.9. The molecule has 0 spiro atoms. The minimum Gasteiger partial charge on any atom is -0.349 e. The van der Waals surface area contributed by atoms with Gasteiger partial charge in [-0.1, -0.05) is 6.92 Å². The summed E-state index contributed by atoms with van der Waals surface area (Å²) in [5.74, 6) is -1.53. The zero-order chi connectivity index (χ0) is 13.1. The first-order valence-corrected chi connectivity index (χ1v) is 6.32. The Morgan fingerprint density at radius 3 is 2.44 bits per heavy atom. The van der Waals surface area contributed by atoms with Crippen LogP contribution < -0.4 is 5.32 Å². The van der Waals surface area contributed by atoms with E-state index in [4.69, 9.17) is 0 Å². The summed E-state index contributed by atoms with van der Waals surface area (Å²) in [6.45, 7) is 2.20. The molecule has 1 aliphatic rings. The largest absolute Gasteiger partial charge is 0.349 e. The van der Waals surface area contributed by atoms with Gasteiger partial charge in [0, 0.05) is 11.6 Å². The Bertz CT molecular complexity index is 439. The van der Waals surface area contributed by atoms with Crippen LogP contribution in [-0.4, -0.2) is 11.9 Å². The number of benzene rings is 1. The molecule has 0 radical (unpaired) electrons. The number of carbonyl (C=O) groups excluding carboxylic acids is 1. The molecule has 1 saturated carbocycles. The maximum Gasteiger partial charge on any atom is 0.251 e. The molecule has 0 aromatic heterocycles. The van der Waals surface area contributed by atoms with Crippen molar-refractivity contribution in [1.29, 1.82) is 0 Å². The van der Waals surface area contributed by atoms with Gasteiger partial charge in [0.1, 0.15) is 0 Å². The van der Waals surface area contributed by atoms with Crippen molar-refractivity contribution in [3.05, 3.63) is 35.4 Å². The highest BCUT2D eigenvalue weighted by atomic mass is 19.2. The predicted octanol–water partition coefficient (Wildman–Crippen LogP) is 3.27. The van der Waals surface area contributed by atoms with Gasteiger partial charge in [-0.05, 0) is 49.8 Å². The molecule has 4 heteroatoms. The van der Waals surface area contributed by atoms with Crippen LogP contribution in [0.3, 0.4) is 0 Å². The Kier molecular flexibility index (Phi) is 3.94. The van der Waals surface area contributed by atoms with Crippen LogP contribution >= 0.6 is 0 Å². The SMILES string of the molecule is CC1CCC(NC(=O)c2ccc(F)c(F)c2)CC1. The van der Waals surface area contributed by atoms with Crippen LogP contribution in [0.15, 0.2) is 18.2 Å². The van der Waals surface area contributed by atoms with Crippen molar-refractivity contribution in [3.8, 4) is 0 Å². The number of amides is 1. The summed E-state index contributed by atoms with van der Waals surface area (Å²) in [5.41, 5.74) is 0.174. The number of halogens is 2. The molecular weight excluding hydrogens is 236 g/mol. The number of hydrogen-bond acceptors (Lipinski definition) is 1. The molecule has 1 aromatic carbocycles. The van der Waals surface area contributed by atoms with E-state index in [9.17, 15) is 13.6 Å². The molecule has 2 rings (SSSR count). The van der Waals surface area contributed by atoms with Crippen LogP contribution in [-0.2, 0) is 0 Å². The van der Waals surface area contributed by atoms with Crippen LogP contribution in [0.2, 0.25) is 0 Å². The average Bonchev–Trinajstić information content (AvgIpc) is 2.35. The van der Waals surface area contributed by atoms with Crippen LogP contribution in [0.25, 0.3) is 0 Å². The average molecular weight is 253 g/mol. The smallest absolute Gasteiger partial charge is 0.251 e. The van der Waals surface area contributed by atoms with Crippen molar-refractivity contribution in [2.45, 2.75) is 38.6 Å². The fraction of sp³-hybridized carbons (Fsp3) is 0.500. The molecule has 0 unspecified atom stereocenters. The number of hydrogen-bond donors (Lipinski definition) is 1. The standard InChI is InChI=1S/C14H17F2NO/c1-9-2-5-11(6-3-9)17-14(18)10-4-7-12(15)13(16)8-10/h4,7-9,11H,2-3,5-6H2,1H3,(H,17,18). The lowest BCUT2D eigenvalue weighted by Crippen LogP contribution is -2.37. The molecule has 18 heavy (non-hydrogen) atoms. The Hall–Kier alpha value is -1.45. The predicted molar refractivity (Wildman–Crippen MR) is 65.2 cm³/mol. The molecule has 1 amide bonds. The molecule has 1 N–H and O–H groups in total. The van der Waals surface area contributed by atoms with E-state index in [0.717, 1.165) is 37.8 Å². The summed E-state index contributed by atoms with van der Waals surface area (Å²) in [6.07, 6.45) is 4.11. The van der Waals surface area contributed by atoms with Crippen LogP contribution in [0.4, 0.5) is 8.78 Å². The van der Waals surface area contributed by atoms with Crippen molar-refractivity contribution in [3.63, 3.8) is 0 Å². The maximum atomic E-state index is 13.0. The van der Waals surface area contributed by atoms with Gasteiger partial charge in [-0.15, -0.1) is 0 Å². The quantitative estimate of drug-likeness (QED) is 0.861. The number of nitrogens with one attached hydrogen (secondary N) is 1. The van der Waals surface area contributed by atoms with Gasteiger partial charge in [0.2, 0.25) is 0 Å². The highest BCUT2D eigenvalue weighted by Gasteiger charge is 2.20. The summed E-state index contributed by atoms with van der Waals surface area (Å²) >= 11 is 0. The number of carbonyl (C=O) groups is 1. The van der Waals surface area contributed by atoms with Gasteiger partial charge in [-0.3, -0.25) is 4.79 Å². The fourth-order valence-electron chi connectivity index (χ4n) is 2.31. The third-order valence-electron chi connectivity index (χ3n) is 3.53. The zero-order valence-electron chi connectivity index (χ0n) is 10.4.